The van der Waals surface area contributed by atoms with Crippen LogP contribution >= 0.6 is 0 Å². The molecule has 7 nitrogen and oxygen atoms in total. The summed E-state index contributed by atoms with van der Waals surface area (Å²) in [5.74, 6) is -0.237. The van der Waals surface area contributed by atoms with Crippen molar-refractivity contribution in [3.63, 3.8) is 0 Å². The number of amides is 2. The average Bonchev–Trinajstić information content (AvgIpc) is 3.09. The molecule has 0 aliphatic rings. The molecule has 2 rings (SSSR count). The number of furan rings is 1. The van der Waals surface area contributed by atoms with Crippen LogP contribution in [0.15, 0.2) is 35.1 Å². The Morgan fingerprint density at radius 1 is 1.32 bits per heavy atom. The molecule has 19 heavy (non-hydrogen) atoms. The lowest BCUT2D eigenvalue weighted by molar-refractivity contribution is -0.121. The highest BCUT2D eigenvalue weighted by atomic mass is 16.3. The van der Waals surface area contributed by atoms with Gasteiger partial charge in [0.1, 0.15) is 0 Å². The van der Waals surface area contributed by atoms with Gasteiger partial charge in [0.05, 0.1) is 18.5 Å². The van der Waals surface area contributed by atoms with Crippen molar-refractivity contribution in [1.82, 2.24) is 20.8 Å². The van der Waals surface area contributed by atoms with E-state index in [9.17, 15) is 9.59 Å². The molecule has 2 amide bonds. The molecule has 2 aromatic heterocycles. The topological polar surface area (TPSA) is 100 Å². The molecule has 7 heteroatoms. The number of H-pyrrole nitrogens is 1. The van der Waals surface area contributed by atoms with Gasteiger partial charge in [0.25, 0.3) is 5.91 Å². The summed E-state index contributed by atoms with van der Waals surface area (Å²) in [5, 5.41) is 11.8. The third kappa shape index (κ3) is 3.98. The van der Waals surface area contributed by atoms with E-state index in [4.69, 9.17) is 4.42 Å². The zero-order valence-electron chi connectivity index (χ0n) is 10.2. The lowest BCUT2D eigenvalue weighted by Gasteiger charge is -2.04. The molecular formula is C12H14N4O3. The summed E-state index contributed by atoms with van der Waals surface area (Å²) in [6.07, 6.45) is 3.25. The number of nitrogens with one attached hydrogen (secondary N) is 3. The Hall–Kier alpha value is -2.57. The molecule has 0 saturated heterocycles. The fourth-order valence-corrected chi connectivity index (χ4v) is 1.45. The summed E-state index contributed by atoms with van der Waals surface area (Å²) in [7, 11) is 0. The van der Waals surface area contributed by atoms with Crippen LogP contribution in [-0.2, 0) is 11.3 Å². The fraction of sp³-hybridized carbons (Fsp3) is 0.250. The number of hydrogen-bond donors (Lipinski definition) is 3. The monoisotopic (exact) mass is 262 g/mol. The minimum atomic E-state index is -0.327. The van der Waals surface area contributed by atoms with E-state index in [1.54, 1.807) is 24.4 Å². The Morgan fingerprint density at radius 3 is 2.89 bits per heavy atom. The van der Waals surface area contributed by atoms with Crippen LogP contribution in [0.2, 0.25) is 0 Å². The van der Waals surface area contributed by atoms with Gasteiger partial charge in [-0.2, -0.15) is 5.10 Å². The minimum Gasteiger partial charge on any atom is -0.459 e. The number of rotatable bonds is 6. The number of carbonyl (C=O) groups excluding carboxylic acids is 2. The van der Waals surface area contributed by atoms with Crippen molar-refractivity contribution in [2.45, 2.75) is 13.0 Å². The van der Waals surface area contributed by atoms with Crippen LogP contribution in [0.5, 0.6) is 0 Å². The van der Waals surface area contributed by atoms with E-state index < -0.39 is 0 Å². The summed E-state index contributed by atoms with van der Waals surface area (Å²) in [6.45, 7) is 0.652. The molecule has 0 bridgehead atoms. The van der Waals surface area contributed by atoms with Crippen molar-refractivity contribution in [2.75, 3.05) is 6.54 Å². The molecule has 3 N–H and O–H groups in total. The average molecular weight is 262 g/mol. The Balaban J connectivity index is 1.63. The molecule has 0 fully saturated rings. The normalized spacial score (nSPS) is 10.1. The first-order chi connectivity index (χ1) is 9.25. The maximum absolute atomic E-state index is 11.5. The molecule has 0 radical (unpaired) electrons. The highest BCUT2D eigenvalue weighted by molar-refractivity contribution is 5.91. The molecule has 0 aliphatic heterocycles. The predicted octanol–water partition coefficient (Wildman–Crippen LogP) is 0.439. The third-order valence-corrected chi connectivity index (χ3v) is 2.42. The fourth-order valence-electron chi connectivity index (χ4n) is 1.45. The summed E-state index contributed by atoms with van der Waals surface area (Å²) in [4.78, 5) is 23.0. The van der Waals surface area contributed by atoms with E-state index in [-0.39, 0.29) is 30.5 Å². The van der Waals surface area contributed by atoms with Crippen LogP contribution in [-0.4, -0.2) is 28.6 Å². The van der Waals surface area contributed by atoms with Crippen molar-refractivity contribution >= 4 is 11.8 Å². The lowest BCUT2D eigenvalue weighted by Crippen LogP contribution is -2.30. The minimum absolute atomic E-state index is 0.144. The highest BCUT2D eigenvalue weighted by Crippen LogP contribution is 1.98. The largest absolute Gasteiger partial charge is 0.459 e. The zero-order valence-corrected chi connectivity index (χ0v) is 10.2. The van der Waals surface area contributed by atoms with Crippen LogP contribution in [0.3, 0.4) is 0 Å². The molecule has 0 unspecified atom stereocenters. The van der Waals surface area contributed by atoms with Gasteiger partial charge in [-0.15, -0.1) is 0 Å². The Labute approximate surface area is 109 Å². The van der Waals surface area contributed by atoms with Gasteiger partial charge >= 0.3 is 0 Å². The Bertz CT molecular complexity index is 519. The molecule has 2 aromatic rings. The van der Waals surface area contributed by atoms with Crippen molar-refractivity contribution in [3.05, 3.63) is 42.1 Å². The molecule has 0 saturated carbocycles. The van der Waals surface area contributed by atoms with Gasteiger partial charge in [0.15, 0.2) is 5.76 Å². The zero-order chi connectivity index (χ0) is 13.5. The van der Waals surface area contributed by atoms with E-state index in [1.807, 2.05) is 0 Å². The molecule has 0 aromatic carbocycles. The van der Waals surface area contributed by atoms with Crippen molar-refractivity contribution in [1.29, 1.82) is 0 Å². The maximum Gasteiger partial charge on any atom is 0.286 e. The molecule has 0 spiro atoms. The maximum atomic E-state index is 11.5. The van der Waals surface area contributed by atoms with Gasteiger partial charge in [-0.25, -0.2) is 0 Å². The van der Waals surface area contributed by atoms with Crippen LogP contribution in [0.1, 0.15) is 22.7 Å². The second kappa shape index (κ2) is 6.39. The van der Waals surface area contributed by atoms with Gasteiger partial charge in [-0.1, -0.05) is 0 Å². The second-order valence-corrected chi connectivity index (χ2v) is 3.84. The van der Waals surface area contributed by atoms with Gasteiger partial charge in [-0.3, -0.25) is 14.7 Å². The standard InChI is InChI=1S/C12H14N4O3/c17-11(14-8-9-3-6-15-16-9)4-5-13-12(18)10-2-1-7-19-10/h1-3,6-7H,4-5,8H2,(H,13,18)(H,14,17)(H,15,16). The molecule has 100 valence electrons. The molecule has 0 aliphatic carbocycles. The number of hydrogen-bond acceptors (Lipinski definition) is 4. The predicted molar refractivity (Wildman–Crippen MR) is 66.1 cm³/mol. The summed E-state index contributed by atoms with van der Waals surface area (Å²) in [5.41, 5.74) is 0.827. The van der Waals surface area contributed by atoms with Crippen LogP contribution < -0.4 is 10.6 Å². The van der Waals surface area contributed by atoms with Gasteiger partial charge in [0, 0.05) is 19.2 Å². The first-order valence-electron chi connectivity index (χ1n) is 5.82. The van der Waals surface area contributed by atoms with E-state index in [2.05, 4.69) is 20.8 Å². The second-order valence-electron chi connectivity index (χ2n) is 3.84. The Morgan fingerprint density at radius 2 is 2.21 bits per heavy atom. The van der Waals surface area contributed by atoms with Crippen LogP contribution in [0, 0.1) is 0 Å². The summed E-state index contributed by atoms with van der Waals surface area (Å²) in [6, 6.07) is 4.97. The first-order valence-corrected chi connectivity index (χ1v) is 5.82. The van der Waals surface area contributed by atoms with E-state index >= 15 is 0 Å². The first kappa shape index (κ1) is 12.9. The van der Waals surface area contributed by atoms with Gasteiger partial charge in [-0.05, 0) is 18.2 Å². The van der Waals surface area contributed by atoms with Crippen LogP contribution in [0.4, 0.5) is 0 Å². The Kier molecular flexibility index (Phi) is 4.33. The number of aromatic amines is 1. The summed E-state index contributed by atoms with van der Waals surface area (Å²) < 4.78 is 4.93. The SMILES string of the molecule is O=C(CCNC(=O)c1ccco1)NCc1ccn[nH]1. The quantitative estimate of drug-likeness (QED) is 0.703. The van der Waals surface area contributed by atoms with Crippen molar-refractivity contribution < 1.29 is 14.0 Å². The van der Waals surface area contributed by atoms with E-state index in [0.29, 0.717) is 6.54 Å². The lowest BCUT2D eigenvalue weighted by atomic mass is 10.3. The van der Waals surface area contributed by atoms with Gasteiger partial charge in [0.2, 0.25) is 5.91 Å². The van der Waals surface area contributed by atoms with E-state index in [0.717, 1.165) is 5.69 Å². The van der Waals surface area contributed by atoms with E-state index in [1.165, 1.54) is 6.26 Å². The number of carbonyl (C=O) groups is 2. The van der Waals surface area contributed by atoms with Gasteiger partial charge < -0.3 is 15.1 Å². The molecule has 2 heterocycles. The van der Waals surface area contributed by atoms with Crippen molar-refractivity contribution in [2.24, 2.45) is 0 Å². The molecular weight excluding hydrogens is 248 g/mol. The number of aromatic nitrogens is 2. The third-order valence-electron chi connectivity index (χ3n) is 2.42. The summed E-state index contributed by atoms with van der Waals surface area (Å²) >= 11 is 0. The number of nitrogens with zero attached hydrogens (tertiary/aromatic N) is 1. The van der Waals surface area contributed by atoms with Crippen LogP contribution in [0.25, 0.3) is 0 Å². The van der Waals surface area contributed by atoms with Crippen molar-refractivity contribution in [3.8, 4) is 0 Å². The smallest absolute Gasteiger partial charge is 0.286 e. The molecule has 0 atom stereocenters. The highest BCUT2D eigenvalue weighted by Gasteiger charge is 2.08.